The number of morpholine rings is 1. The summed E-state index contributed by atoms with van der Waals surface area (Å²) in [5.74, 6) is -0.357. The largest absolute Gasteiger partial charge is 0.378 e. The molecule has 2 rings (SSSR count). The SMILES string of the molecule is Cc1ccc(NC(C)C(=O)N2CCOCC2)c(F)c1. The van der Waals surface area contributed by atoms with Crippen molar-refractivity contribution in [3.05, 3.63) is 29.6 Å². The van der Waals surface area contributed by atoms with Crippen LogP contribution in [-0.4, -0.2) is 43.2 Å². The second-order valence-corrected chi connectivity index (χ2v) is 4.79. The first-order chi connectivity index (χ1) is 9.08. The molecule has 1 amide bonds. The quantitative estimate of drug-likeness (QED) is 0.907. The summed E-state index contributed by atoms with van der Waals surface area (Å²) in [5.41, 5.74) is 1.22. The minimum atomic E-state index is -0.449. The summed E-state index contributed by atoms with van der Waals surface area (Å²) in [7, 11) is 0. The van der Waals surface area contributed by atoms with Gasteiger partial charge in [-0.2, -0.15) is 0 Å². The van der Waals surface area contributed by atoms with Crippen molar-refractivity contribution in [2.24, 2.45) is 0 Å². The van der Waals surface area contributed by atoms with Crippen molar-refractivity contribution in [2.75, 3.05) is 31.6 Å². The predicted octanol–water partition coefficient (Wildman–Crippen LogP) is 1.79. The van der Waals surface area contributed by atoms with Gasteiger partial charge in [0.2, 0.25) is 5.91 Å². The Bertz CT molecular complexity index is 459. The summed E-state index contributed by atoms with van der Waals surface area (Å²) in [5, 5.41) is 2.93. The van der Waals surface area contributed by atoms with Crippen LogP contribution in [0, 0.1) is 12.7 Å². The highest BCUT2D eigenvalue weighted by atomic mass is 19.1. The number of benzene rings is 1. The molecule has 0 aromatic heterocycles. The van der Waals surface area contributed by atoms with Gasteiger partial charge >= 0.3 is 0 Å². The van der Waals surface area contributed by atoms with E-state index in [4.69, 9.17) is 4.74 Å². The zero-order valence-corrected chi connectivity index (χ0v) is 11.3. The van der Waals surface area contributed by atoms with Crippen LogP contribution >= 0.6 is 0 Å². The molecule has 0 spiro atoms. The minimum absolute atomic E-state index is 0.0247. The van der Waals surface area contributed by atoms with Crippen molar-refractivity contribution < 1.29 is 13.9 Å². The summed E-state index contributed by atoms with van der Waals surface area (Å²) >= 11 is 0. The summed E-state index contributed by atoms with van der Waals surface area (Å²) in [6.45, 7) is 5.91. The van der Waals surface area contributed by atoms with E-state index in [0.717, 1.165) is 5.56 Å². The predicted molar refractivity (Wildman–Crippen MR) is 71.6 cm³/mol. The third-order valence-corrected chi connectivity index (χ3v) is 3.19. The van der Waals surface area contributed by atoms with Crippen molar-refractivity contribution in [3.63, 3.8) is 0 Å². The van der Waals surface area contributed by atoms with Gasteiger partial charge in [0, 0.05) is 13.1 Å². The van der Waals surface area contributed by atoms with Gasteiger partial charge in [-0.3, -0.25) is 4.79 Å². The third kappa shape index (κ3) is 3.44. The van der Waals surface area contributed by atoms with Gasteiger partial charge in [0.15, 0.2) is 0 Å². The second kappa shape index (κ2) is 6.02. The fourth-order valence-electron chi connectivity index (χ4n) is 2.09. The van der Waals surface area contributed by atoms with Gasteiger partial charge in [-0.25, -0.2) is 4.39 Å². The third-order valence-electron chi connectivity index (χ3n) is 3.19. The van der Waals surface area contributed by atoms with Gasteiger partial charge in [-0.05, 0) is 31.5 Å². The Labute approximate surface area is 112 Å². The number of anilines is 1. The molecule has 4 nitrogen and oxygen atoms in total. The normalized spacial score (nSPS) is 17.1. The molecule has 1 heterocycles. The van der Waals surface area contributed by atoms with Gasteiger partial charge in [-0.1, -0.05) is 6.07 Å². The number of carbonyl (C=O) groups is 1. The molecular weight excluding hydrogens is 247 g/mol. The van der Waals surface area contributed by atoms with Crippen molar-refractivity contribution in [1.29, 1.82) is 0 Å². The van der Waals surface area contributed by atoms with E-state index in [2.05, 4.69) is 5.32 Å². The van der Waals surface area contributed by atoms with Gasteiger partial charge in [0.25, 0.3) is 0 Å². The van der Waals surface area contributed by atoms with Crippen LogP contribution in [0.15, 0.2) is 18.2 Å². The molecule has 1 atom stereocenters. The van der Waals surface area contributed by atoms with Gasteiger partial charge in [0.1, 0.15) is 11.9 Å². The van der Waals surface area contributed by atoms with E-state index in [1.165, 1.54) is 6.07 Å². The Morgan fingerprint density at radius 3 is 2.74 bits per heavy atom. The lowest BCUT2D eigenvalue weighted by atomic mass is 10.2. The van der Waals surface area contributed by atoms with E-state index in [0.29, 0.717) is 32.0 Å². The highest BCUT2D eigenvalue weighted by molar-refractivity contribution is 5.84. The van der Waals surface area contributed by atoms with Crippen molar-refractivity contribution in [3.8, 4) is 0 Å². The first-order valence-electron chi connectivity index (χ1n) is 6.47. The zero-order chi connectivity index (χ0) is 13.8. The maximum atomic E-state index is 13.7. The van der Waals surface area contributed by atoms with Crippen molar-refractivity contribution in [1.82, 2.24) is 4.90 Å². The number of ether oxygens (including phenoxy) is 1. The molecule has 0 radical (unpaired) electrons. The molecule has 0 saturated carbocycles. The van der Waals surface area contributed by atoms with Crippen LogP contribution in [0.2, 0.25) is 0 Å². The Morgan fingerprint density at radius 1 is 1.42 bits per heavy atom. The summed E-state index contributed by atoms with van der Waals surface area (Å²) in [6, 6.07) is 4.48. The van der Waals surface area contributed by atoms with Gasteiger partial charge < -0.3 is 15.0 Å². The van der Waals surface area contributed by atoms with Crippen molar-refractivity contribution in [2.45, 2.75) is 19.9 Å². The van der Waals surface area contributed by atoms with Crippen LogP contribution in [0.5, 0.6) is 0 Å². The molecule has 0 aliphatic carbocycles. The molecule has 19 heavy (non-hydrogen) atoms. The average Bonchev–Trinajstić information content (AvgIpc) is 2.42. The number of nitrogens with one attached hydrogen (secondary N) is 1. The van der Waals surface area contributed by atoms with E-state index in [1.807, 2.05) is 13.0 Å². The highest BCUT2D eigenvalue weighted by Gasteiger charge is 2.22. The Kier molecular flexibility index (Phi) is 4.37. The van der Waals surface area contributed by atoms with Crippen LogP contribution in [0.25, 0.3) is 0 Å². The average molecular weight is 266 g/mol. The monoisotopic (exact) mass is 266 g/mol. The lowest BCUT2D eigenvalue weighted by Gasteiger charge is -2.29. The maximum Gasteiger partial charge on any atom is 0.244 e. The number of hydrogen-bond donors (Lipinski definition) is 1. The Hall–Kier alpha value is -1.62. The molecule has 1 saturated heterocycles. The van der Waals surface area contributed by atoms with E-state index in [1.54, 1.807) is 17.9 Å². The molecule has 1 aliphatic heterocycles. The number of carbonyl (C=O) groups excluding carboxylic acids is 1. The molecule has 1 aromatic carbocycles. The summed E-state index contributed by atoms with van der Waals surface area (Å²) < 4.78 is 18.9. The second-order valence-electron chi connectivity index (χ2n) is 4.79. The summed E-state index contributed by atoms with van der Waals surface area (Å²) in [4.78, 5) is 13.9. The van der Waals surface area contributed by atoms with Crippen LogP contribution in [0.3, 0.4) is 0 Å². The Balaban J connectivity index is 1.99. The van der Waals surface area contributed by atoms with Crippen LogP contribution in [0.4, 0.5) is 10.1 Å². The molecule has 5 heteroatoms. The van der Waals surface area contributed by atoms with Crippen LogP contribution in [-0.2, 0) is 9.53 Å². The molecule has 1 aromatic rings. The number of rotatable bonds is 3. The molecule has 1 fully saturated rings. The number of hydrogen-bond acceptors (Lipinski definition) is 3. The first kappa shape index (κ1) is 13.8. The molecule has 0 bridgehead atoms. The molecule has 1 unspecified atom stereocenters. The summed E-state index contributed by atoms with van der Waals surface area (Å²) in [6.07, 6.45) is 0. The lowest BCUT2D eigenvalue weighted by Crippen LogP contribution is -2.47. The van der Waals surface area contributed by atoms with E-state index >= 15 is 0 Å². The topological polar surface area (TPSA) is 41.6 Å². The van der Waals surface area contributed by atoms with E-state index < -0.39 is 6.04 Å². The van der Waals surface area contributed by atoms with Crippen LogP contribution in [0.1, 0.15) is 12.5 Å². The molecule has 1 aliphatic rings. The maximum absolute atomic E-state index is 13.7. The fourth-order valence-corrected chi connectivity index (χ4v) is 2.09. The van der Waals surface area contributed by atoms with Gasteiger partial charge in [-0.15, -0.1) is 0 Å². The van der Waals surface area contributed by atoms with Gasteiger partial charge in [0.05, 0.1) is 18.9 Å². The minimum Gasteiger partial charge on any atom is -0.378 e. The first-order valence-corrected chi connectivity index (χ1v) is 6.47. The van der Waals surface area contributed by atoms with E-state index in [-0.39, 0.29) is 11.7 Å². The molecular formula is C14H19FN2O2. The standard InChI is InChI=1S/C14H19FN2O2/c1-10-3-4-13(12(15)9-10)16-11(2)14(18)17-5-7-19-8-6-17/h3-4,9,11,16H,5-8H2,1-2H3. The number of nitrogens with zero attached hydrogens (tertiary/aromatic N) is 1. The molecule has 104 valence electrons. The highest BCUT2D eigenvalue weighted by Crippen LogP contribution is 2.17. The fraction of sp³-hybridized carbons (Fsp3) is 0.500. The number of amides is 1. The van der Waals surface area contributed by atoms with Crippen molar-refractivity contribution >= 4 is 11.6 Å². The zero-order valence-electron chi connectivity index (χ0n) is 11.3. The number of aryl methyl sites for hydroxylation is 1. The molecule has 1 N–H and O–H groups in total. The number of halogens is 1. The lowest BCUT2D eigenvalue weighted by molar-refractivity contribution is -0.135. The Morgan fingerprint density at radius 2 is 2.11 bits per heavy atom. The van der Waals surface area contributed by atoms with E-state index in [9.17, 15) is 9.18 Å². The van der Waals surface area contributed by atoms with Crippen LogP contribution < -0.4 is 5.32 Å². The smallest absolute Gasteiger partial charge is 0.244 e.